The molecule has 0 spiro atoms. The van der Waals surface area contributed by atoms with Gasteiger partial charge in [0.1, 0.15) is 0 Å². The van der Waals surface area contributed by atoms with Crippen LogP contribution in [-0.2, 0) is 4.79 Å². The number of hydrogen-bond donors (Lipinski definition) is 2. The van der Waals surface area contributed by atoms with Crippen LogP contribution >= 0.6 is 24.8 Å². The molecule has 0 aliphatic heterocycles. The fourth-order valence-corrected chi connectivity index (χ4v) is 2.21. The molecule has 2 aromatic rings. The third kappa shape index (κ3) is 6.99. The van der Waals surface area contributed by atoms with E-state index in [9.17, 15) is 4.79 Å². The number of pyridine rings is 1. The Hall–Kier alpha value is -1.62. The van der Waals surface area contributed by atoms with Crippen LogP contribution in [0.25, 0.3) is 0 Å². The van der Waals surface area contributed by atoms with Crippen LogP contribution in [-0.4, -0.2) is 24.5 Å². The summed E-state index contributed by atoms with van der Waals surface area (Å²) in [6.07, 6.45) is 4.88. The number of aromatic nitrogens is 1. The van der Waals surface area contributed by atoms with E-state index >= 15 is 0 Å². The van der Waals surface area contributed by atoms with Gasteiger partial charge in [0, 0.05) is 18.8 Å². The van der Waals surface area contributed by atoms with Crippen molar-refractivity contribution < 1.29 is 4.79 Å². The van der Waals surface area contributed by atoms with Crippen LogP contribution in [0, 0.1) is 0 Å². The topological polar surface area (TPSA) is 54.0 Å². The van der Waals surface area contributed by atoms with Gasteiger partial charge in [-0.25, -0.2) is 0 Å². The summed E-state index contributed by atoms with van der Waals surface area (Å²) in [6, 6.07) is 13.7. The normalized spacial score (nSPS) is 10.8. The number of benzene rings is 1. The lowest BCUT2D eigenvalue weighted by Gasteiger charge is -2.19. The van der Waals surface area contributed by atoms with Crippen LogP contribution in [0.15, 0.2) is 54.9 Å². The summed E-state index contributed by atoms with van der Waals surface area (Å²) in [4.78, 5) is 16.3. The van der Waals surface area contributed by atoms with Crippen LogP contribution in [0.4, 0.5) is 0 Å². The van der Waals surface area contributed by atoms with Gasteiger partial charge in [-0.15, -0.1) is 24.8 Å². The van der Waals surface area contributed by atoms with Crippen LogP contribution in [0.3, 0.4) is 0 Å². The lowest BCUT2D eigenvalue weighted by molar-refractivity contribution is -0.121. The molecular weight excluding hydrogens is 333 g/mol. The largest absolute Gasteiger partial charge is 0.345 e. The maximum Gasteiger partial charge on any atom is 0.220 e. The van der Waals surface area contributed by atoms with Crippen molar-refractivity contribution >= 4 is 30.7 Å². The SMILES string of the molecule is CNCCCC(=O)NC(c1ccccc1)c1cccnc1.Cl.Cl. The highest BCUT2D eigenvalue weighted by molar-refractivity contribution is 5.85. The highest BCUT2D eigenvalue weighted by atomic mass is 35.5. The predicted octanol–water partition coefficient (Wildman–Crippen LogP) is 3.13. The van der Waals surface area contributed by atoms with Crippen molar-refractivity contribution in [2.45, 2.75) is 18.9 Å². The molecule has 1 unspecified atom stereocenters. The van der Waals surface area contributed by atoms with Crippen molar-refractivity contribution in [2.24, 2.45) is 0 Å². The maximum absolute atomic E-state index is 12.1. The Morgan fingerprint density at radius 2 is 1.78 bits per heavy atom. The smallest absolute Gasteiger partial charge is 0.220 e. The van der Waals surface area contributed by atoms with Crippen LogP contribution < -0.4 is 10.6 Å². The first-order valence-corrected chi connectivity index (χ1v) is 7.20. The zero-order valence-electron chi connectivity index (χ0n) is 13.1. The van der Waals surface area contributed by atoms with E-state index in [1.54, 1.807) is 12.4 Å². The minimum absolute atomic E-state index is 0. The van der Waals surface area contributed by atoms with Gasteiger partial charge in [-0.3, -0.25) is 9.78 Å². The summed E-state index contributed by atoms with van der Waals surface area (Å²) >= 11 is 0. The second kappa shape index (κ2) is 11.9. The molecule has 1 aromatic heterocycles. The van der Waals surface area contributed by atoms with E-state index in [2.05, 4.69) is 15.6 Å². The molecule has 1 atom stereocenters. The molecule has 6 heteroatoms. The molecule has 0 saturated heterocycles. The monoisotopic (exact) mass is 355 g/mol. The van der Waals surface area contributed by atoms with E-state index in [4.69, 9.17) is 0 Å². The van der Waals surface area contributed by atoms with Crippen LogP contribution in [0.1, 0.15) is 30.0 Å². The first-order chi connectivity index (χ1) is 10.3. The molecule has 2 N–H and O–H groups in total. The van der Waals surface area contributed by atoms with Crippen molar-refractivity contribution in [3.63, 3.8) is 0 Å². The number of carbonyl (C=O) groups excluding carboxylic acids is 1. The number of nitrogens with zero attached hydrogens (tertiary/aromatic N) is 1. The zero-order chi connectivity index (χ0) is 14.9. The first-order valence-electron chi connectivity index (χ1n) is 7.20. The Morgan fingerprint density at radius 3 is 2.39 bits per heavy atom. The minimum atomic E-state index is -0.151. The summed E-state index contributed by atoms with van der Waals surface area (Å²) in [6.45, 7) is 0.844. The number of amides is 1. The molecule has 1 heterocycles. The number of halogens is 2. The quantitative estimate of drug-likeness (QED) is 0.750. The molecule has 0 aliphatic rings. The van der Waals surface area contributed by atoms with Crippen molar-refractivity contribution in [1.29, 1.82) is 0 Å². The fraction of sp³-hybridized carbons (Fsp3) is 0.294. The highest BCUT2D eigenvalue weighted by Gasteiger charge is 2.16. The van der Waals surface area contributed by atoms with Crippen LogP contribution in [0.2, 0.25) is 0 Å². The zero-order valence-corrected chi connectivity index (χ0v) is 14.7. The molecule has 0 saturated carbocycles. The summed E-state index contributed by atoms with van der Waals surface area (Å²) < 4.78 is 0. The van der Waals surface area contributed by atoms with Gasteiger partial charge >= 0.3 is 0 Å². The first kappa shape index (κ1) is 21.4. The molecule has 126 valence electrons. The van der Waals surface area contributed by atoms with Gasteiger partial charge in [-0.2, -0.15) is 0 Å². The maximum atomic E-state index is 12.1. The van der Waals surface area contributed by atoms with Gasteiger partial charge in [0.25, 0.3) is 0 Å². The lowest BCUT2D eigenvalue weighted by Crippen LogP contribution is -2.29. The molecule has 0 radical (unpaired) electrons. The van der Waals surface area contributed by atoms with Gasteiger partial charge in [0.05, 0.1) is 6.04 Å². The third-order valence-electron chi connectivity index (χ3n) is 3.29. The third-order valence-corrected chi connectivity index (χ3v) is 3.29. The summed E-state index contributed by atoms with van der Waals surface area (Å²) in [7, 11) is 1.89. The summed E-state index contributed by atoms with van der Waals surface area (Å²) in [5.41, 5.74) is 2.05. The van der Waals surface area contributed by atoms with E-state index in [1.807, 2.05) is 49.5 Å². The molecular formula is C17H23Cl2N3O. The average molecular weight is 356 g/mol. The lowest BCUT2D eigenvalue weighted by atomic mass is 10.00. The molecule has 23 heavy (non-hydrogen) atoms. The Labute approximate surface area is 149 Å². The Balaban J connectivity index is 0.00000242. The molecule has 4 nitrogen and oxygen atoms in total. The Morgan fingerprint density at radius 1 is 1.09 bits per heavy atom. The molecule has 2 rings (SSSR count). The van der Waals surface area contributed by atoms with Crippen molar-refractivity contribution in [3.8, 4) is 0 Å². The average Bonchev–Trinajstić information content (AvgIpc) is 2.54. The minimum Gasteiger partial charge on any atom is -0.345 e. The molecule has 1 aromatic carbocycles. The number of hydrogen-bond acceptors (Lipinski definition) is 3. The summed E-state index contributed by atoms with van der Waals surface area (Å²) in [5.74, 6) is 0.0583. The highest BCUT2D eigenvalue weighted by Crippen LogP contribution is 2.21. The standard InChI is InChI=1S/C17H21N3O.2ClH/c1-18-11-6-10-16(21)20-17(14-7-3-2-4-8-14)15-9-5-12-19-13-15;;/h2-5,7-9,12-13,17-18H,6,10-11H2,1H3,(H,20,21);2*1H. The van der Waals surface area contributed by atoms with E-state index in [1.165, 1.54) is 0 Å². The molecule has 0 aliphatic carbocycles. The fourth-order valence-electron chi connectivity index (χ4n) is 2.21. The van der Waals surface area contributed by atoms with Crippen LogP contribution in [0.5, 0.6) is 0 Å². The Kier molecular flexibility index (Phi) is 11.0. The second-order valence-corrected chi connectivity index (χ2v) is 4.90. The predicted molar refractivity (Wildman–Crippen MR) is 98.3 cm³/mol. The van der Waals surface area contributed by atoms with E-state index in [0.29, 0.717) is 6.42 Å². The van der Waals surface area contributed by atoms with E-state index in [-0.39, 0.29) is 36.8 Å². The Bertz CT molecular complexity index is 513. The second-order valence-electron chi connectivity index (χ2n) is 4.90. The molecule has 0 fully saturated rings. The van der Waals surface area contributed by atoms with Gasteiger partial charge in [-0.1, -0.05) is 36.4 Å². The van der Waals surface area contributed by atoms with Gasteiger partial charge < -0.3 is 10.6 Å². The van der Waals surface area contributed by atoms with E-state index < -0.39 is 0 Å². The van der Waals surface area contributed by atoms with Crippen molar-refractivity contribution in [1.82, 2.24) is 15.6 Å². The van der Waals surface area contributed by atoms with Gasteiger partial charge in [0.15, 0.2) is 0 Å². The summed E-state index contributed by atoms with van der Waals surface area (Å²) in [5, 5.41) is 6.15. The number of carbonyl (C=O) groups is 1. The van der Waals surface area contributed by atoms with Gasteiger partial charge in [0.2, 0.25) is 5.91 Å². The number of rotatable bonds is 7. The van der Waals surface area contributed by atoms with E-state index in [0.717, 1.165) is 24.1 Å². The molecule has 1 amide bonds. The molecule has 0 bridgehead atoms. The number of nitrogens with one attached hydrogen (secondary N) is 2. The van der Waals surface area contributed by atoms with Crippen molar-refractivity contribution in [3.05, 3.63) is 66.0 Å². The van der Waals surface area contributed by atoms with Gasteiger partial charge in [-0.05, 0) is 37.2 Å². The van der Waals surface area contributed by atoms with Crippen molar-refractivity contribution in [2.75, 3.05) is 13.6 Å².